The van der Waals surface area contributed by atoms with Gasteiger partial charge >= 0.3 is 6.68 Å². The first kappa shape index (κ1) is 13.0. The lowest BCUT2D eigenvalue weighted by Crippen LogP contribution is -1.96. The van der Waals surface area contributed by atoms with E-state index in [-0.39, 0.29) is 0 Å². The molecular weight excluding hydrogens is 193 g/mol. The fourth-order valence-corrected chi connectivity index (χ4v) is 0.972. The monoisotopic (exact) mass is 208 g/mol. The van der Waals surface area contributed by atoms with E-state index in [0.717, 1.165) is 6.42 Å². The number of aryl methyl sites for hydroxylation is 2. The lowest BCUT2D eigenvalue weighted by molar-refractivity contribution is 0.00819. The zero-order valence-corrected chi connectivity index (χ0v) is 8.38. The average Bonchev–Trinajstić information content (AvgIpc) is 2.47. The van der Waals surface area contributed by atoms with E-state index in [2.05, 4.69) is 16.5 Å². The van der Waals surface area contributed by atoms with Crippen molar-refractivity contribution in [3.05, 3.63) is 18.2 Å². The topological polar surface area (TPSA) is 17.8 Å². The van der Waals surface area contributed by atoms with Crippen LogP contribution in [0, 0.1) is 0 Å². The summed E-state index contributed by atoms with van der Waals surface area (Å²) in [6.45, 7) is -1.47. The van der Waals surface area contributed by atoms with E-state index in [1.54, 1.807) is 0 Å². The number of halogens is 3. The molecular formula is C9H15F3N2. The maximum Gasteiger partial charge on any atom is 0.379 e. The van der Waals surface area contributed by atoms with E-state index in [1.807, 2.05) is 19.4 Å². The Balaban J connectivity index is 0.000000364. The fourth-order valence-electron chi connectivity index (χ4n) is 0.972. The Morgan fingerprint density at radius 2 is 2.00 bits per heavy atom. The Labute approximate surface area is 81.8 Å². The maximum atomic E-state index is 9.67. The maximum absolute atomic E-state index is 9.67. The van der Waals surface area contributed by atoms with Crippen molar-refractivity contribution in [2.24, 2.45) is 7.05 Å². The summed E-state index contributed by atoms with van der Waals surface area (Å²) in [4.78, 5) is 4.22. The summed E-state index contributed by atoms with van der Waals surface area (Å²) in [6, 6.07) is 0. The number of alkyl halides is 3. The van der Waals surface area contributed by atoms with Gasteiger partial charge in [-0.1, -0.05) is 13.3 Å². The van der Waals surface area contributed by atoms with Crippen molar-refractivity contribution in [2.75, 3.05) is 0 Å². The van der Waals surface area contributed by atoms with Crippen LogP contribution in [-0.4, -0.2) is 16.2 Å². The van der Waals surface area contributed by atoms with Crippen LogP contribution in [0.4, 0.5) is 13.2 Å². The van der Waals surface area contributed by atoms with Gasteiger partial charge in [-0.2, -0.15) is 13.2 Å². The number of hydrogen-bond acceptors (Lipinski definition) is 1. The van der Waals surface area contributed by atoms with Gasteiger partial charge in [0.2, 0.25) is 0 Å². The molecule has 2 nitrogen and oxygen atoms in total. The van der Waals surface area contributed by atoms with Gasteiger partial charge in [-0.25, -0.2) is 4.98 Å². The molecule has 0 atom stereocenters. The molecule has 1 heterocycles. The molecule has 0 aliphatic rings. The van der Waals surface area contributed by atoms with Gasteiger partial charge in [0, 0.05) is 25.9 Å². The Morgan fingerprint density at radius 1 is 1.43 bits per heavy atom. The predicted octanol–water partition coefficient (Wildman–Crippen LogP) is 2.94. The molecule has 0 saturated carbocycles. The van der Waals surface area contributed by atoms with Crippen LogP contribution >= 0.6 is 0 Å². The number of imidazole rings is 1. The first-order valence-corrected chi connectivity index (χ1v) is 4.46. The van der Waals surface area contributed by atoms with Crippen LogP contribution in [0.15, 0.2) is 12.4 Å². The molecule has 14 heavy (non-hydrogen) atoms. The van der Waals surface area contributed by atoms with E-state index in [4.69, 9.17) is 0 Å². The summed E-state index contributed by atoms with van der Waals surface area (Å²) in [6.07, 6.45) is 7.44. The number of aromatic nitrogens is 2. The van der Waals surface area contributed by atoms with Crippen molar-refractivity contribution in [2.45, 2.75) is 32.9 Å². The molecule has 0 aromatic carbocycles. The first-order chi connectivity index (χ1) is 6.57. The minimum atomic E-state index is -3.67. The van der Waals surface area contributed by atoms with Crippen LogP contribution in [0.1, 0.15) is 25.6 Å². The van der Waals surface area contributed by atoms with E-state index in [1.165, 1.54) is 18.7 Å². The zero-order valence-electron chi connectivity index (χ0n) is 8.38. The highest BCUT2D eigenvalue weighted by molar-refractivity contribution is 4.90. The molecule has 1 aromatic heterocycles. The molecule has 1 rings (SSSR count). The zero-order chi connectivity index (χ0) is 11.0. The van der Waals surface area contributed by atoms with E-state index in [0.29, 0.717) is 0 Å². The number of hydrogen-bond donors (Lipinski definition) is 0. The summed E-state index contributed by atoms with van der Waals surface area (Å²) in [5.41, 5.74) is 0. The highest BCUT2D eigenvalue weighted by Gasteiger charge is 1.95. The fraction of sp³-hybridized carbons (Fsp3) is 0.667. The van der Waals surface area contributed by atoms with Gasteiger partial charge in [-0.15, -0.1) is 0 Å². The lowest BCUT2D eigenvalue weighted by atomic mass is 10.2. The molecule has 5 heteroatoms. The third kappa shape index (κ3) is 6.51. The Bertz CT molecular complexity index is 233. The smallest absolute Gasteiger partial charge is 0.338 e. The largest absolute Gasteiger partial charge is 0.379 e. The average molecular weight is 208 g/mol. The molecule has 0 radical (unpaired) electrons. The molecule has 0 amide bonds. The molecule has 0 aliphatic heterocycles. The molecule has 0 N–H and O–H groups in total. The van der Waals surface area contributed by atoms with E-state index >= 15 is 0 Å². The quantitative estimate of drug-likeness (QED) is 0.746. The molecule has 0 saturated heterocycles. The SMILES string of the molecule is CCCCc1nccn1C.FC(F)F. The summed E-state index contributed by atoms with van der Waals surface area (Å²) in [5, 5.41) is 0. The minimum absolute atomic E-state index is 1.11. The summed E-state index contributed by atoms with van der Waals surface area (Å²) in [5.74, 6) is 1.20. The number of rotatable bonds is 3. The highest BCUT2D eigenvalue weighted by Crippen LogP contribution is 2.00. The van der Waals surface area contributed by atoms with Crippen LogP contribution < -0.4 is 0 Å². The number of nitrogens with zero attached hydrogens (tertiary/aromatic N) is 2. The Morgan fingerprint density at radius 3 is 2.36 bits per heavy atom. The summed E-state index contributed by atoms with van der Waals surface area (Å²) in [7, 11) is 2.04. The third-order valence-corrected chi connectivity index (χ3v) is 1.67. The second-order valence-electron chi connectivity index (χ2n) is 2.81. The van der Waals surface area contributed by atoms with Gasteiger partial charge in [0.25, 0.3) is 0 Å². The first-order valence-electron chi connectivity index (χ1n) is 4.46. The molecule has 0 unspecified atom stereocenters. The van der Waals surface area contributed by atoms with Crippen molar-refractivity contribution in [1.82, 2.24) is 9.55 Å². The van der Waals surface area contributed by atoms with Crippen LogP contribution in [-0.2, 0) is 13.5 Å². The van der Waals surface area contributed by atoms with Crippen molar-refractivity contribution >= 4 is 0 Å². The molecule has 0 spiro atoms. The standard InChI is InChI=1S/C8H14N2.CHF3/c1-3-4-5-8-9-6-7-10(8)2;2-1(3)4/h6-7H,3-5H2,1-2H3;1H. The molecule has 0 bridgehead atoms. The van der Waals surface area contributed by atoms with Crippen LogP contribution in [0.25, 0.3) is 0 Å². The second-order valence-corrected chi connectivity index (χ2v) is 2.81. The lowest BCUT2D eigenvalue weighted by Gasteiger charge is -1.97. The van der Waals surface area contributed by atoms with Gasteiger partial charge in [0.1, 0.15) is 5.82 Å². The van der Waals surface area contributed by atoms with E-state index in [9.17, 15) is 13.2 Å². The molecule has 1 aromatic rings. The Kier molecular flexibility index (Phi) is 6.88. The van der Waals surface area contributed by atoms with Gasteiger partial charge in [0.05, 0.1) is 0 Å². The van der Waals surface area contributed by atoms with E-state index < -0.39 is 6.68 Å². The van der Waals surface area contributed by atoms with Crippen molar-refractivity contribution in [3.8, 4) is 0 Å². The van der Waals surface area contributed by atoms with Gasteiger partial charge < -0.3 is 4.57 Å². The van der Waals surface area contributed by atoms with Crippen LogP contribution in [0.2, 0.25) is 0 Å². The molecule has 82 valence electrons. The van der Waals surface area contributed by atoms with Crippen LogP contribution in [0.5, 0.6) is 0 Å². The summed E-state index contributed by atoms with van der Waals surface area (Å²) < 4.78 is 31.1. The normalized spacial score (nSPS) is 9.86. The van der Waals surface area contributed by atoms with Crippen LogP contribution in [0.3, 0.4) is 0 Å². The number of unbranched alkanes of at least 4 members (excludes halogenated alkanes) is 1. The highest BCUT2D eigenvalue weighted by atomic mass is 19.4. The molecule has 0 fully saturated rings. The minimum Gasteiger partial charge on any atom is -0.338 e. The van der Waals surface area contributed by atoms with Gasteiger partial charge in [-0.05, 0) is 6.42 Å². The predicted molar refractivity (Wildman–Crippen MR) is 48.9 cm³/mol. The van der Waals surface area contributed by atoms with Crippen molar-refractivity contribution < 1.29 is 13.2 Å². The van der Waals surface area contributed by atoms with Gasteiger partial charge in [-0.3, -0.25) is 0 Å². The second kappa shape index (κ2) is 7.41. The Hall–Kier alpha value is -1.00. The van der Waals surface area contributed by atoms with Crippen molar-refractivity contribution in [3.63, 3.8) is 0 Å². The molecule has 0 aliphatic carbocycles. The third-order valence-electron chi connectivity index (χ3n) is 1.67. The summed E-state index contributed by atoms with van der Waals surface area (Å²) >= 11 is 0. The van der Waals surface area contributed by atoms with Crippen molar-refractivity contribution in [1.29, 1.82) is 0 Å². The van der Waals surface area contributed by atoms with Gasteiger partial charge in [0.15, 0.2) is 0 Å².